The molecule has 0 aliphatic rings. The zero-order valence-electron chi connectivity index (χ0n) is 8.57. The minimum atomic E-state index is -1.16. The number of amides is 1. The maximum absolute atomic E-state index is 11.7. The van der Waals surface area contributed by atoms with E-state index in [0.717, 1.165) is 4.47 Å². The van der Waals surface area contributed by atoms with Crippen molar-refractivity contribution in [3.63, 3.8) is 0 Å². The van der Waals surface area contributed by atoms with Gasteiger partial charge in [0.15, 0.2) is 5.43 Å². The number of carboxylic acid groups (broad SMARTS) is 1. The minimum Gasteiger partial charge on any atom is -0.465 e. The molecular weight excluding hydrogens is 290 g/mol. The van der Waals surface area contributed by atoms with E-state index in [1.54, 1.807) is 18.2 Å². The van der Waals surface area contributed by atoms with Gasteiger partial charge in [-0.3, -0.25) is 4.79 Å². The van der Waals surface area contributed by atoms with E-state index in [9.17, 15) is 9.59 Å². The van der Waals surface area contributed by atoms with Gasteiger partial charge in [-0.1, -0.05) is 15.9 Å². The second-order valence-electron chi connectivity index (χ2n) is 3.38. The Morgan fingerprint density at radius 2 is 2.18 bits per heavy atom. The second-order valence-corrected chi connectivity index (χ2v) is 4.29. The summed E-state index contributed by atoms with van der Waals surface area (Å²) in [6.07, 6.45) is -1.16. The van der Waals surface area contributed by atoms with Gasteiger partial charge in [0.25, 0.3) is 0 Å². The molecule has 2 aromatic rings. The number of hydrogen-bond donors (Lipinski definition) is 2. The molecule has 6 heteroatoms. The van der Waals surface area contributed by atoms with Crippen LogP contribution in [0.15, 0.2) is 37.9 Å². The molecule has 0 fully saturated rings. The zero-order chi connectivity index (χ0) is 12.4. The SMILES string of the molecule is O=C(O)NCc1cc(=O)c2ccc(Br)cc2o1. The first-order chi connectivity index (χ1) is 8.06. The maximum Gasteiger partial charge on any atom is 0.405 e. The van der Waals surface area contributed by atoms with E-state index in [2.05, 4.69) is 21.2 Å². The van der Waals surface area contributed by atoms with Crippen molar-refractivity contribution in [1.29, 1.82) is 0 Å². The van der Waals surface area contributed by atoms with Crippen LogP contribution in [-0.2, 0) is 6.54 Å². The van der Waals surface area contributed by atoms with Crippen LogP contribution >= 0.6 is 15.9 Å². The molecule has 2 N–H and O–H groups in total. The highest BCUT2D eigenvalue weighted by atomic mass is 79.9. The minimum absolute atomic E-state index is 0.0347. The number of carbonyl (C=O) groups is 1. The van der Waals surface area contributed by atoms with Crippen LogP contribution in [0.4, 0.5) is 4.79 Å². The topological polar surface area (TPSA) is 79.5 Å². The van der Waals surface area contributed by atoms with Gasteiger partial charge in [0.2, 0.25) is 0 Å². The Morgan fingerprint density at radius 3 is 2.88 bits per heavy atom. The van der Waals surface area contributed by atoms with Crippen molar-refractivity contribution in [3.8, 4) is 0 Å². The molecule has 0 spiro atoms. The fourth-order valence-corrected chi connectivity index (χ4v) is 1.77. The standard InChI is InChI=1S/C11H8BrNO4/c12-6-1-2-8-9(14)4-7(5-13-11(15)16)17-10(8)3-6/h1-4,13H,5H2,(H,15,16). The van der Waals surface area contributed by atoms with Gasteiger partial charge in [-0.25, -0.2) is 4.79 Å². The first-order valence-corrected chi connectivity index (χ1v) is 5.54. The van der Waals surface area contributed by atoms with Crippen LogP contribution < -0.4 is 10.7 Å². The molecule has 0 bridgehead atoms. The van der Waals surface area contributed by atoms with Crippen molar-refractivity contribution in [2.75, 3.05) is 0 Å². The Balaban J connectivity index is 2.46. The molecule has 1 aromatic heterocycles. The molecule has 1 heterocycles. The smallest absolute Gasteiger partial charge is 0.405 e. The first-order valence-electron chi connectivity index (χ1n) is 4.75. The van der Waals surface area contributed by atoms with Crippen LogP contribution in [0.3, 0.4) is 0 Å². The van der Waals surface area contributed by atoms with Crippen LogP contribution in [0.25, 0.3) is 11.0 Å². The molecule has 17 heavy (non-hydrogen) atoms. The number of benzene rings is 1. The van der Waals surface area contributed by atoms with Crippen molar-refractivity contribution in [2.24, 2.45) is 0 Å². The molecule has 1 aromatic carbocycles. The molecular formula is C11H8BrNO4. The van der Waals surface area contributed by atoms with Crippen molar-refractivity contribution < 1.29 is 14.3 Å². The van der Waals surface area contributed by atoms with Gasteiger partial charge < -0.3 is 14.8 Å². The summed E-state index contributed by atoms with van der Waals surface area (Å²) >= 11 is 3.27. The Bertz CT molecular complexity index is 635. The average Bonchev–Trinajstić information content (AvgIpc) is 2.25. The summed E-state index contributed by atoms with van der Waals surface area (Å²) in [5, 5.41) is 11.1. The number of rotatable bonds is 2. The number of halogens is 1. The molecule has 0 atom stereocenters. The third-order valence-corrected chi connectivity index (χ3v) is 2.65. The highest BCUT2D eigenvalue weighted by molar-refractivity contribution is 9.10. The molecule has 0 aliphatic carbocycles. The van der Waals surface area contributed by atoms with Crippen LogP contribution in [0.1, 0.15) is 5.76 Å². The van der Waals surface area contributed by atoms with Crippen LogP contribution in [-0.4, -0.2) is 11.2 Å². The Morgan fingerprint density at radius 1 is 1.41 bits per heavy atom. The van der Waals surface area contributed by atoms with E-state index in [1.807, 2.05) is 0 Å². The maximum atomic E-state index is 11.7. The molecule has 1 amide bonds. The molecule has 2 rings (SSSR count). The van der Waals surface area contributed by atoms with Gasteiger partial charge >= 0.3 is 6.09 Å². The highest BCUT2D eigenvalue weighted by Gasteiger charge is 2.06. The Hall–Kier alpha value is -1.82. The number of hydrogen-bond acceptors (Lipinski definition) is 3. The van der Waals surface area contributed by atoms with Crippen LogP contribution in [0.2, 0.25) is 0 Å². The van der Waals surface area contributed by atoms with Gasteiger partial charge in [0.1, 0.15) is 11.3 Å². The van der Waals surface area contributed by atoms with Crippen LogP contribution in [0.5, 0.6) is 0 Å². The molecule has 0 aliphatic heterocycles. The van der Waals surface area contributed by atoms with E-state index in [1.165, 1.54) is 6.07 Å². The number of nitrogens with one attached hydrogen (secondary N) is 1. The lowest BCUT2D eigenvalue weighted by atomic mass is 10.2. The van der Waals surface area contributed by atoms with E-state index in [-0.39, 0.29) is 17.7 Å². The molecule has 0 saturated carbocycles. The number of fused-ring (bicyclic) bond motifs is 1. The average molecular weight is 298 g/mol. The molecule has 0 radical (unpaired) electrons. The van der Waals surface area contributed by atoms with E-state index < -0.39 is 6.09 Å². The van der Waals surface area contributed by atoms with Crippen molar-refractivity contribution in [1.82, 2.24) is 5.32 Å². The largest absolute Gasteiger partial charge is 0.465 e. The van der Waals surface area contributed by atoms with Gasteiger partial charge in [-0.05, 0) is 18.2 Å². The first kappa shape index (κ1) is 11.7. The third kappa shape index (κ3) is 2.65. The van der Waals surface area contributed by atoms with E-state index >= 15 is 0 Å². The zero-order valence-corrected chi connectivity index (χ0v) is 10.2. The fourth-order valence-electron chi connectivity index (χ4n) is 1.43. The molecule has 0 unspecified atom stereocenters. The van der Waals surface area contributed by atoms with E-state index in [0.29, 0.717) is 11.0 Å². The molecule has 0 saturated heterocycles. The second kappa shape index (κ2) is 4.58. The van der Waals surface area contributed by atoms with Crippen LogP contribution in [0, 0.1) is 0 Å². The summed E-state index contributed by atoms with van der Waals surface area (Å²) in [4.78, 5) is 22.0. The lowest BCUT2D eigenvalue weighted by Gasteiger charge is -2.03. The van der Waals surface area contributed by atoms with Gasteiger partial charge in [-0.15, -0.1) is 0 Å². The lowest BCUT2D eigenvalue weighted by Crippen LogP contribution is -2.20. The summed E-state index contributed by atoms with van der Waals surface area (Å²) in [5.41, 5.74) is 0.231. The van der Waals surface area contributed by atoms with E-state index in [4.69, 9.17) is 9.52 Å². The predicted molar refractivity (Wildman–Crippen MR) is 65.0 cm³/mol. The summed E-state index contributed by atoms with van der Waals surface area (Å²) in [5.74, 6) is 0.281. The lowest BCUT2D eigenvalue weighted by molar-refractivity contribution is 0.193. The molecule has 5 nitrogen and oxygen atoms in total. The van der Waals surface area contributed by atoms with Gasteiger partial charge in [0.05, 0.1) is 11.9 Å². The summed E-state index contributed by atoms with van der Waals surface area (Å²) < 4.78 is 6.21. The third-order valence-electron chi connectivity index (χ3n) is 2.16. The normalized spacial score (nSPS) is 10.4. The fraction of sp³-hybridized carbons (Fsp3) is 0.0909. The summed E-state index contributed by atoms with van der Waals surface area (Å²) in [6.45, 7) is -0.0347. The van der Waals surface area contributed by atoms with Crippen molar-refractivity contribution >= 4 is 33.0 Å². The van der Waals surface area contributed by atoms with Gasteiger partial charge in [0, 0.05) is 10.5 Å². The predicted octanol–water partition coefficient (Wildman–Crippen LogP) is 2.32. The highest BCUT2D eigenvalue weighted by Crippen LogP contribution is 2.18. The monoisotopic (exact) mass is 297 g/mol. The Kier molecular flexibility index (Phi) is 3.14. The quantitative estimate of drug-likeness (QED) is 0.891. The summed E-state index contributed by atoms with van der Waals surface area (Å²) in [6, 6.07) is 6.35. The molecule has 88 valence electrons. The van der Waals surface area contributed by atoms with Crippen molar-refractivity contribution in [2.45, 2.75) is 6.54 Å². The van der Waals surface area contributed by atoms with Crippen molar-refractivity contribution in [3.05, 3.63) is 44.7 Å². The Labute approximate surface area is 104 Å². The summed E-state index contributed by atoms with van der Waals surface area (Å²) in [7, 11) is 0. The van der Waals surface area contributed by atoms with Gasteiger partial charge in [-0.2, -0.15) is 0 Å².